The third kappa shape index (κ3) is 5.34. The fourth-order valence-electron chi connectivity index (χ4n) is 4.52. The molecule has 8 heteroatoms. The summed E-state index contributed by atoms with van der Waals surface area (Å²) in [6, 6.07) is 14.2. The van der Waals surface area contributed by atoms with Crippen molar-refractivity contribution in [2.75, 3.05) is 19.6 Å². The molecule has 2 aromatic carbocycles. The number of benzene rings is 2. The zero-order valence-corrected chi connectivity index (χ0v) is 19.9. The number of halogens is 1. The van der Waals surface area contributed by atoms with Crippen molar-refractivity contribution in [3.05, 3.63) is 64.7 Å². The average molecular weight is 476 g/mol. The van der Waals surface area contributed by atoms with Crippen molar-refractivity contribution in [1.82, 2.24) is 14.5 Å². The van der Waals surface area contributed by atoms with Gasteiger partial charge in [0.2, 0.25) is 15.9 Å². The van der Waals surface area contributed by atoms with E-state index in [1.54, 1.807) is 24.3 Å². The number of carbonyl (C=O) groups is 1. The Kier molecular flexibility index (Phi) is 7.20. The van der Waals surface area contributed by atoms with E-state index in [1.165, 1.54) is 9.87 Å². The topological polar surface area (TPSA) is 69.7 Å². The molecule has 4 rings (SSSR count). The second-order valence-electron chi connectivity index (χ2n) is 8.77. The Morgan fingerprint density at radius 2 is 1.66 bits per heavy atom. The highest BCUT2D eigenvalue weighted by Gasteiger charge is 2.40. The molecule has 0 aromatic heterocycles. The molecule has 2 fully saturated rings. The summed E-state index contributed by atoms with van der Waals surface area (Å²) < 4.78 is 27.6. The first-order valence-electron chi connectivity index (χ1n) is 11.2. The van der Waals surface area contributed by atoms with Gasteiger partial charge in [-0.2, -0.15) is 4.31 Å². The van der Waals surface area contributed by atoms with Gasteiger partial charge in [-0.05, 0) is 62.4 Å². The lowest BCUT2D eigenvalue weighted by Crippen LogP contribution is -2.51. The van der Waals surface area contributed by atoms with Gasteiger partial charge in [0, 0.05) is 37.2 Å². The molecule has 2 heterocycles. The lowest BCUT2D eigenvalue weighted by molar-refractivity contribution is -0.125. The molecule has 0 radical (unpaired) electrons. The van der Waals surface area contributed by atoms with Crippen LogP contribution in [0.4, 0.5) is 0 Å². The summed E-state index contributed by atoms with van der Waals surface area (Å²) in [5.74, 6) is -0.172. The highest BCUT2D eigenvalue weighted by molar-refractivity contribution is 7.89. The van der Waals surface area contributed by atoms with Crippen molar-refractivity contribution in [2.45, 2.75) is 56.1 Å². The Morgan fingerprint density at radius 1 is 1.00 bits per heavy atom. The van der Waals surface area contributed by atoms with Gasteiger partial charge in [0.05, 0.1) is 4.90 Å². The number of likely N-dealkylation sites (tertiary alicyclic amines) is 1. The van der Waals surface area contributed by atoms with Crippen LogP contribution in [0.2, 0.25) is 5.02 Å². The molecular weight excluding hydrogens is 446 g/mol. The molecule has 2 saturated heterocycles. The van der Waals surface area contributed by atoms with Gasteiger partial charge in [-0.15, -0.1) is 0 Å². The third-order valence-corrected chi connectivity index (χ3v) is 8.56. The minimum Gasteiger partial charge on any atom is -0.352 e. The van der Waals surface area contributed by atoms with E-state index in [2.05, 4.69) is 10.2 Å². The summed E-state index contributed by atoms with van der Waals surface area (Å²) in [7, 11) is -3.68. The summed E-state index contributed by atoms with van der Waals surface area (Å²) in [5.41, 5.74) is 2.22. The molecular formula is C24H30ClN3O3S. The van der Waals surface area contributed by atoms with Gasteiger partial charge in [0.1, 0.15) is 6.04 Å². The van der Waals surface area contributed by atoms with Crippen LogP contribution in [0, 0.1) is 6.92 Å². The van der Waals surface area contributed by atoms with Gasteiger partial charge in [-0.25, -0.2) is 8.42 Å². The first-order chi connectivity index (χ1) is 15.3. The Labute approximate surface area is 195 Å². The number of nitrogens with one attached hydrogen (secondary N) is 1. The zero-order valence-electron chi connectivity index (χ0n) is 18.3. The molecule has 2 aromatic rings. The molecule has 0 saturated carbocycles. The van der Waals surface area contributed by atoms with Crippen molar-refractivity contribution >= 4 is 27.5 Å². The number of aryl methyl sites for hydroxylation is 1. The maximum atomic E-state index is 13.1. The SMILES string of the molecule is Cc1ccc(S(=O)(=O)N2CCC[C@H]2C(=O)NC2CCN(Cc3ccc(Cl)cc3)CC2)cc1. The van der Waals surface area contributed by atoms with Crippen molar-refractivity contribution in [2.24, 2.45) is 0 Å². The molecule has 32 heavy (non-hydrogen) atoms. The smallest absolute Gasteiger partial charge is 0.243 e. The number of carbonyl (C=O) groups excluding carboxylic acids is 1. The van der Waals surface area contributed by atoms with Gasteiger partial charge in [0.15, 0.2) is 0 Å². The van der Waals surface area contributed by atoms with Gasteiger partial charge >= 0.3 is 0 Å². The highest BCUT2D eigenvalue weighted by Crippen LogP contribution is 2.27. The van der Waals surface area contributed by atoms with Crippen LogP contribution in [0.15, 0.2) is 53.4 Å². The Balaban J connectivity index is 1.32. The van der Waals surface area contributed by atoms with E-state index < -0.39 is 16.1 Å². The number of hydrogen-bond acceptors (Lipinski definition) is 4. The van der Waals surface area contributed by atoms with Crippen molar-refractivity contribution in [3.8, 4) is 0 Å². The van der Waals surface area contributed by atoms with Gasteiger partial charge < -0.3 is 5.32 Å². The molecule has 1 amide bonds. The quantitative estimate of drug-likeness (QED) is 0.693. The average Bonchev–Trinajstić information content (AvgIpc) is 3.28. The minimum atomic E-state index is -3.68. The maximum absolute atomic E-state index is 13.1. The van der Waals surface area contributed by atoms with Crippen LogP contribution in [-0.2, 0) is 21.4 Å². The number of piperidine rings is 1. The number of amides is 1. The molecule has 2 aliphatic rings. The summed E-state index contributed by atoms with van der Waals surface area (Å²) in [6.07, 6.45) is 2.97. The summed E-state index contributed by atoms with van der Waals surface area (Å²) in [6.45, 7) is 4.95. The molecule has 2 aliphatic heterocycles. The van der Waals surface area contributed by atoms with Crippen molar-refractivity contribution in [1.29, 1.82) is 0 Å². The monoisotopic (exact) mass is 475 g/mol. The first-order valence-corrected chi connectivity index (χ1v) is 13.0. The molecule has 0 unspecified atom stereocenters. The second-order valence-corrected chi connectivity index (χ2v) is 11.1. The van der Waals surface area contributed by atoms with Crippen molar-refractivity contribution < 1.29 is 13.2 Å². The van der Waals surface area contributed by atoms with Crippen LogP contribution in [0.3, 0.4) is 0 Å². The molecule has 172 valence electrons. The Hall–Kier alpha value is -1.93. The van der Waals surface area contributed by atoms with Crippen LogP contribution >= 0.6 is 11.6 Å². The number of hydrogen-bond donors (Lipinski definition) is 1. The molecule has 6 nitrogen and oxygen atoms in total. The normalized spacial score (nSPS) is 21.0. The van der Waals surface area contributed by atoms with Gasteiger partial charge in [-0.3, -0.25) is 9.69 Å². The van der Waals surface area contributed by atoms with Crippen LogP contribution < -0.4 is 5.32 Å². The molecule has 1 atom stereocenters. The van der Waals surface area contributed by atoms with Gasteiger partial charge in [0.25, 0.3) is 0 Å². The highest BCUT2D eigenvalue weighted by atomic mass is 35.5. The zero-order chi connectivity index (χ0) is 22.7. The van der Waals surface area contributed by atoms with Gasteiger partial charge in [-0.1, -0.05) is 41.4 Å². The lowest BCUT2D eigenvalue weighted by Gasteiger charge is -2.33. The third-order valence-electron chi connectivity index (χ3n) is 6.39. The second kappa shape index (κ2) is 9.91. The van der Waals surface area contributed by atoms with Crippen LogP contribution in [-0.4, -0.2) is 55.2 Å². The molecule has 0 bridgehead atoms. The number of rotatable bonds is 6. The van der Waals surface area contributed by atoms with Crippen LogP contribution in [0.1, 0.15) is 36.8 Å². The van der Waals surface area contributed by atoms with E-state index in [0.717, 1.165) is 43.1 Å². The van der Waals surface area contributed by atoms with E-state index in [9.17, 15) is 13.2 Å². The van der Waals surface area contributed by atoms with E-state index in [4.69, 9.17) is 11.6 Å². The minimum absolute atomic E-state index is 0.0773. The lowest BCUT2D eigenvalue weighted by atomic mass is 10.0. The fourth-order valence-corrected chi connectivity index (χ4v) is 6.30. The predicted octanol–water partition coefficient (Wildman–Crippen LogP) is 3.58. The summed E-state index contributed by atoms with van der Waals surface area (Å²) in [4.78, 5) is 15.6. The number of nitrogens with zero attached hydrogens (tertiary/aromatic N) is 2. The van der Waals surface area contributed by atoms with Crippen LogP contribution in [0.5, 0.6) is 0 Å². The largest absolute Gasteiger partial charge is 0.352 e. The Morgan fingerprint density at radius 3 is 2.31 bits per heavy atom. The first kappa shape index (κ1) is 23.2. The van der Waals surface area contributed by atoms with E-state index >= 15 is 0 Å². The summed E-state index contributed by atoms with van der Waals surface area (Å²) >= 11 is 5.96. The van der Waals surface area contributed by atoms with Crippen molar-refractivity contribution in [3.63, 3.8) is 0 Å². The number of sulfonamides is 1. The predicted molar refractivity (Wildman–Crippen MR) is 126 cm³/mol. The van der Waals surface area contributed by atoms with E-state index in [0.29, 0.717) is 19.4 Å². The maximum Gasteiger partial charge on any atom is 0.243 e. The van der Waals surface area contributed by atoms with E-state index in [1.807, 2.05) is 31.2 Å². The molecule has 1 N–H and O–H groups in total. The molecule has 0 spiro atoms. The summed E-state index contributed by atoms with van der Waals surface area (Å²) in [5, 5.41) is 3.86. The fraction of sp³-hybridized carbons (Fsp3) is 0.458. The van der Waals surface area contributed by atoms with Crippen LogP contribution in [0.25, 0.3) is 0 Å². The standard InChI is InChI=1S/C24H30ClN3O3S/c1-18-4-10-22(11-5-18)32(30,31)28-14-2-3-23(28)24(29)26-21-12-15-27(16-13-21)17-19-6-8-20(25)9-7-19/h4-11,21,23H,2-3,12-17H2,1H3,(H,26,29)/t23-/m0/s1. The molecule has 0 aliphatic carbocycles. The Bertz CT molecular complexity index is 1030. The van der Waals surface area contributed by atoms with E-state index in [-0.39, 0.29) is 16.8 Å².